The zero-order chi connectivity index (χ0) is 15.0. The fourth-order valence-corrected chi connectivity index (χ4v) is 3.45. The highest BCUT2D eigenvalue weighted by atomic mass is 79.9. The molecule has 2 aromatic rings. The first-order valence-corrected chi connectivity index (χ1v) is 9.12. The maximum absolute atomic E-state index is 6.21. The number of ether oxygens (including phenoxy) is 1. The Hall–Kier alpha value is -0.650. The molecule has 1 aliphatic rings. The monoisotopic (exact) mass is 471 g/mol. The molecule has 21 heavy (non-hydrogen) atoms. The van der Waals surface area contributed by atoms with Crippen molar-refractivity contribution < 1.29 is 4.74 Å². The van der Waals surface area contributed by atoms with E-state index in [4.69, 9.17) is 4.74 Å². The molecule has 1 heterocycles. The van der Waals surface area contributed by atoms with Gasteiger partial charge in [-0.1, -0.05) is 53.9 Å². The van der Waals surface area contributed by atoms with Crippen LogP contribution in [0.4, 0.5) is 5.69 Å². The molecular weight excluding hydrogens is 462 g/mol. The van der Waals surface area contributed by atoms with E-state index in [0.717, 1.165) is 25.8 Å². The second kappa shape index (κ2) is 5.86. The minimum Gasteiger partial charge on any atom is -0.465 e. The summed E-state index contributed by atoms with van der Waals surface area (Å²) in [7, 11) is 0. The van der Waals surface area contributed by atoms with Gasteiger partial charge in [0.2, 0.25) is 5.90 Å². The van der Waals surface area contributed by atoms with E-state index in [0.29, 0.717) is 11.2 Å². The molecule has 0 saturated carbocycles. The molecule has 0 amide bonds. The van der Waals surface area contributed by atoms with Crippen LogP contribution < -0.4 is 0 Å². The van der Waals surface area contributed by atoms with Crippen molar-refractivity contribution in [2.75, 3.05) is 5.33 Å². The number of nitrogens with zero attached hydrogens (tertiary/aromatic N) is 1. The fourth-order valence-electron chi connectivity index (χ4n) is 2.27. The molecule has 0 N–H and O–H groups in total. The molecule has 108 valence electrons. The zero-order valence-electron chi connectivity index (χ0n) is 11.2. The smallest absolute Gasteiger partial charge is 0.222 e. The van der Waals surface area contributed by atoms with Crippen molar-refractivity contribution in [3.8, 4) is 0 Å². The van der Waals surface area contributed by atoms with Gasteiger partial charge in [-0.3, -0.25) is 0 Å². The topological polar surface area (TPSA) is 21.6 Å². The molecule has 0 radical (unpaired) electrons. The molecule has 0 spiro atoms. The van der Waals surface area contributed by atoms with Crippen LogP contribution in [0.3, 0.4) is 0 Å². The van der Waals surface area contributed by atoms with Crippen LogP contribution in [-0.2, 0) is 10.3 Å². The van der Waals surface area contributed by atoms with E-state index in [1.807, 2.05) is 36.4 Å². The lowest BCUT2D eigenvalue weighted by Crippen LogP contribution is -2.34. The van der Waals surface area contributed by atoms with Gasteiger partial charge in [0.05, 0.1) is 5.69 Å². The van der Waals surface area contributed by atoms with E-state index in [1.165, 1.54) is 0 Å². The first kappa shape index (κ1) is 15.3. The van der Waals surface area contributed by atoms with Crippen LogP contribution in [0.5, 0.6) is 0 Å². The lowest BCUT2D eigenvalue weighted by atomic mass is 9.94. The van der Waals surface area contributed by atoms with Crippen LogP contribution in [-0.4, -0.2) is 11.2 Å². The van der Waals surface area contributed by atoms with E-state index in [2.05, 4.69) is 65.8 Å². The summed E-state index contributed by atoms with van der Waals surface area (Å²) in [5.41, 5.74) is 2.54. The summed E-state index contributed by atoms with van der Waals surface area (Å²) < 4.78 is 8.24. The third-order valence-electron chi connectivity index (χ3n) is 3.40. The van der Waals surface area contributed by atoms with Crippen molar-refractivity contribution in [2.24, 2.45) is 4.99 Å². The van der Waals surface area contributed by atoms with Crippen molar-refractivity contribution in [3.63, 3.8) is 0 Å². The maximum atomic E-state index is 6.21. The van der Waals surface area contributed by atoms with Crippen molar-refractivity contribution >= 4 is 59.4 Å². The van der Waals surface area contributed by atoms with Crippen LogP contribution in [0.15, 0.2) is 56.4 Å². The van der Waals surface area contributed by atoms with E-state index in [9.17, 15) is 0 Å². The molecular formula is C16H12Br3NO. The molecule has 1 aliphatic heterocycles. The van der Waals surface area contributed by atoms with Gasteiger partial charge in [0.25, 0.3) is 0 Å². The predicted octanol–water partition coefficient (Wildman–Crippen LogP) is 5.93. The molecule has 0 fully saturated rings. The van der Waals surface area contributed by atoms with Gasteiger partial charge in [0.1, 0.15) is 5.60 Å². The Balaban J connectivity index is 2.15. The molecule has 0 aliphatic carbocycles. The summed E-state index contributed by atoms with van der Waals surface area (Å²) in [6.45, 7) is 2.07. The highest BCUT2D eigenvalue weighted by Crippen LogP contribution is 2.41. The highest BCUT2D eigenvalue weighted by Gasteiger charge is 2.35. The van der Waals surface area contributed by atoms with Crippen molar-refractivity contribution in [1.82, 2.24) is 0 Å². The number of hydrogen-bond donors (Lipinski definition) is 0. The lowest BCUT2D eigenvalue weighted by Gasteiger charge is -2.34. The van der Waals surface area contributed by atoms with Gasteiger partial charge in [-0.2, -0.15) is 0 Å². The minimum atomic E-state index is -0.446. The zero-order valence-corrected chi connectivity index (χ0v) is 16.0. The largest absolute Gasteiger partial charge is 0.465 e. The van der Waals surface area contributed by atoms with E-state index in [1.54, 1.807) is 0 Å². The summed E-state index contributed by atoms with van der Waals surface area (Å²) in [6, 6.07) is 14.1. The maximum Gasteiger partial charge on any atom is 0.222 e. The third kappa shape index (κ3) is 2.96. The van der Waals surface area contributed by atoms with Crippen molar-refractivity contribution in [1.29, 1.82) is 0 Å². The molecule has 2 nitrogen and oxygen atoms in total. The predicted molar refractivity (Wildman–Crippen MR) is 96.7 cm³/mol. The summed E-state index contributed by atoms with van der Waals surface area (Å²) in [4.78, 5) is 4.67. The van der Waals surface area contributed by atoms with Crippen molar-refractivity contribution in [3.05, 3.63) is 62.5 Å². The Morgan fingerprint density at radius 2 is 1.86 bits per heavy atom. The highest BCUT2D eigenvalue weighted by molar-refractivity contribution is 9.10. The standard InChI is InChI=1S/C16H12Br3NO/c1-16(9-17)13-8-12(19)5-6-14(13)20-15(21-16)10-3-2-4-11(18)7-10/h2-8H,9H2,1H3. The molecule has 1 unspecified atom stereocenters. The normalized spacial score (nSPS) is 20.5. The van der Waals surface area contributed by atoms with E-state index < -0.39 is 5.60 Å². The first-order valence-electron chi connectivity index (χ1n) is 6.41. The van der Waals surface area contributed by atoms with Gasteiger partial charge in [0, 0.05) is 25.4 Å². The van der Waals surface area contributed by atoms with Crippen LogP contribution in [0, 0.1) is 0 Å². The van der Waals surface area contributed by atoms with Crippen molar-refractivity contribution in [2.45, 2.75) is 12.5 Å². The molecule has 3 rings (SSSR count). The molecule has 0 bridgehead atoms. The van der Waals surface area contributed by atoms with Crippen LogP contribution >= 0.6 is 47.8 Å². The summed E-state index contributed by atoms with van der Waals surface area (Å²) >= 11 is 10.6. The number of alkyl halides is 1. The van der Waals surface area contributed by atoms with Gasteiger partial charge in [-0.05, 0) is 43.3 Å². The van der Waals surface area contributed by atoms with Gasteiger partial charge in [-0.15, -0.1) is 0 Å². The fraction of sp³-hybridized carbons (Fsp3) is 0.188. The molecule has 1 atom stereocenters. The number of fused-ring (bicyclic) bond motifs is 1. The average molecular weight is 474 g/mol. The van der Waals surface area contributed by atoms with Gasteiger partial charge >= 0.3 is 0 Å². The summed E-state index contributed by atoms with van der Waals surface area (Å²) in [5, 5.41) is 0.691. The van der Waals surface area contributed by atoms with Crippen LogP contribution in [0.1, 0.15) is 18.1 Å². The summed E-state index contributed by atoms with van der Waals surface area (Å²) in [5.74, 6) is 0.646. The second-order valence-corrected chi connectivity index (χ2v) is 7.45. The number of rotatable bonds is 2. The molecule has 0 saturated heterocycles. The Labute approximate surface area is 149 Å². The van der Waals surface area contributed by atoms with E-state index >= 15 is 0 Å². The number of aliphatic imine (C=N–C) groups is 1. The Morgan fingerprint density at radius 1 is 1.10 bits per heavy atom. The van der Waals surface area contributed by atoms with E-state index in [-0.39, 0.29) is 0 Å². The average Bonchev–Trinajstić information content (AvgIpc) is 2.48. The molecule has 2 aromatic carbocycles. The minimum absolute atomic E-state index is 0.446. The molecule has 5 heteroatoms. The third-order valence-corrected chi connectivity index (χ3v) is 5.46. The van der Waals surface area contributed by atoms with Crippen LogP contribution in [0.25, 0.3) is 0 Å². The van der Waals surface area contributed by atoms with Gasteiger partial charge in [0.15, 0.2) is 0 Å². The van der Waals surface area contributed by atoms with Gasteiger partial charge in [-0.25, -0.2) is 4.99 Å². The number of hydrogen-bond acceptors (Lipinski definition) is 2. The first-order chi connectivity index (χ1) is 10.0. The number of benzene rings is 2. The van der Waals surface area contributed by atoms with Crippen LogP contribution in [0.2, 0.25) is 0 Å². The lowest BCUT2D eigenvalue weighted by molar-refractivity contribution is 0.0979. The molecule has 0 aromatic heterocycles. The Morgan fingerprint density at radius 3 is 2.57 bits per heavy atom. The summed E-state index contributed by atoms with van der Waals surface area (Å²) in [6.07, 6.45) is 0. The van der Waals surface area contributed by atoms with Gasteiger partial charge < -0.3 is 4.74 Å². The second-order valence-electron chi connectivity index (χ2n) is 5.06. The Kier molecular flexibility index (Phi) is 4.26. The SMILES string of the molecule is CC1(CBr)OC(c2cccc(Br)c2)=Nc2ccc(Br)cc21. The number of halogens is 3. The quantitative estimate of drug-likeness (QED) is 0.495. The Bertz CT molecular complexity index is 729.